The summed E-state index contributed by atoms with van der Waals surface area (Å²) >= 11 is 4.91. The summed E-state index contributed by atoms with van der Waals surface area (Å²) in [4.78, 5) is 0. The van der Waals surface area contributed by atoms with Crippen molar-refractivity contribution in [1.29, 1.82) is 0 Å². The highest BCUT2D eigenvalue weighted by molar-refractivity contribution is 8.34. The summed E-state index contributed by atoms with van der Waals surface area (Å²) < 4.78 is 3.32. The quantitative estimate of drug-likeness (QED) is 0.445. The van der Waals surface area contributed by atoms with Crippen LogP contribution in [0.4, 0.5) is 0 Å². The monoisotopic (exact) mass is 248 g/mol. The van der Waals surface area contributed by atoms with E-state index in [1.54, 1.807) is 0 Å². The zero-order chi connectivity index (χ0) is 11.1. The number of nitrogens with two attached hydrogens (primary N) is 1. The minimum absolute atomic E-state index is 0.307. The molecule has 1 fully saturated rings. The van der Waals surface area contributed by atoms with E-state index in [-0.39, 0.29) is 11.1 Å². The highest BCUT2D eigenvalue weighted by Crippen LogP contribution is 2.34. The van der Waals surface area contributed by atoms with E-state index in [1.165, 1.54) is 57.4 Å². The molecule has 2 nitrogen and oxygen atoms in total. The first-order valence-electron chi connectivity index (χ1n) is 6.07. The maximum absolute atomic E-state index is 5.87. The van der Waals surface area contributed by atoms with Crippen LogP contribution in [0.1, 0.15) is 45.4 Å². The highest BCUT2D eigenvalue weighted by atomic mass is 32.2. The van der Waals surface area contributed by atoms with Crippen LogP contribution in [0.15, 0.2) is 0 Å². The number of rotatable bonds is 5. The van der Waals surface area contributed by atoms with E-state index >= 15 is 0 Å². The van der Waals surface area contributed by atoms with Crippen LogP contribution in [0, 0.1) is 0 Å². The Labute approximate surface area is 102 Å². The smallest absolute Gasteiger partial charge is 0.123 e. The molecule has 1 aliphatic heterocycles. The average Bonchev–Trinajstić information content (AvgIpc) is 2.25. The number of thiocarbonyl (C=S) groups is 1. The molecule has 1 rings (SSSR count). The van der Waals surface area contributed by atoms with Gasteiger partial charge in [0.2, 0.25) is 0 Å². The molecular weight excluding hydrogens is 224 g/mol. The van der Waals surface area contributed by atoms with Crippen molar-refractivity contribution in [2.24, 2.45) is 5.73 Å². The van der Waals surface area contributed by atoms with Gasteiger partial charge in [0.1, 0.15) is 4.32 Å². The zero-order valence-corrected chi connectivity index (χ0v) is 11.5. The lowest BCUT2D eigenvalue weighted by atomic mass is 10.2. The number of hydrogen-bond acceptors (Lipinski definition) is 2. The molecule has 2 N–H and O–H groups in total. The Balaban J connectivity index is 2.37. The minimum atomic E-state index is -0.307. The van der Waals surface area contributed by atoms with E-state index in [0.29, 0.717) is 0 Å². The van der Waals surface area contributed by atoms with Crippen LogP contribution in [-0.4, -0.2) is 27.5 Å². The second kappa shape index (κ2) is 7.47. The lowest BCUT2D eigenvalue weighted by Gasteiger charge is -2.36. The first-order valence-corrected chi connectivity index (χ1v) is 7.96. The molecule has 4 heteroatoms. The topological polar surface area (TPSA) is 29.3 Å². The van der Waals surface area contributed by atoms with E-state index in [0.717, 1.165) is 4.32 Å². The maximum atomic E-state index is 5.87. The third kappa shape index (κ3) is 4.70. The molecule has 0 spiro atoms. The number of unbranched alkanes of at least 4 members (excludes halogenated alkanes) is 2. The Kier molecular flexibility index (Phi) is 6.61. The maximum Gasteiger partial charge on any atom is 0.123 e. The number of thiol groups is 1. The van der Waals surface area contributed by atoms with E-state index in [1.807, 2.05) is 0 Å². The van der Waals surface area contributed by atoms with Gasteiger partial charge in [-0.2, -0.15) is 0 Å². The molecule has 0 radical (unpaired) electrons. The molecule has 0 bridgehead atoms. The van der Waals surface area contributed by atoms with Crippen molar-refractivity contribution in [3.63, 3.8) is 0 Å². The second-order valence-electron chi connectivity index (χ2n) is 4.18. The Hall–Kier alpha value is 0.200. The van der Waals surface area contributed by atoms with Crippen molar-refractivity contribution in [3.05, 3.63) is 0 Å². The van der Waals surface area contributed by atoms with Gasteiger partial charge in [-0.15, -0.1) is 11.1 Å². The van der Waals surface area contributed by atoms with Crippen LogP contribution in [-0.2, 0) is 0 Å². The van der Waals surface area contributed by atoms with Crippen LogP contribution in [0.5, 0.6) is 0 Å². The van der Waals surface area contributed by atoms with Gasteiger partial charge in [-0.05, 0) is 25.0 Å². The Morgan fingerprint density at radius 2 is 1.93 bits per heavy atom. The van der Waals surface area contributed by atoms with Crippen LogP contribution in [0.3, 0.4) is 0 Å². The molecule has 1 saturated heterocycles. The van der Waals surface area contributed by atoms with Crippen molar-refractivity contribution < 1.29 is 0 Å². The van der Waals surface area contributed by atoms with Crippen molar-refractivity contribution in [2.75, 3.05) is 18.8 Å². The van der Waals surface area contributed by atoms with Gasteiger partial charge in [-0.3, -0.25) is 4.31 Å². The molecule has 0 aliphatic carbocycles. The van der Waals surface area contributed by atoms with Gasteiger partial charge in [0, 0.05) is 13.1 Å². The van der Waals surface area contributed by atoms with Gasteiger partial charge in [-0.25, -0.2) is 0 Å². The summed E-state index contributed by atoms with van der Waals surface area (Å²) in [6.45, 7) is 4.67. The van der Waals surface area contributed by atoms with Crippen LogP contribution >= 0.6 is 23.3 Å². The van der Waals surface area contributed by atoms with Gasteiger partial charge in [0.15, 0.2) is 0 Å². The minimum Gasteiger partial charge on any atom is -0.385 e. The first kappa shape index (κ1) is 13.3. The predicted molar refractivity (Wildman–Crippen MR) is 75.6 cm³/mol. The van der Waals surface area contributed by atoms with E-state index in [4.69, 9.17) is 18.0 Å². The summed E-state index contributed by atoms with van der Waals surface area (Å²) in [5.41, 5.74) is 5.87. The highest BCUT2D eigenvalue weighted by Gasteiger charge is 2.18. The van der Waals surface area contributed by atoms with Crippen LogP contribution < -0.4 is 5.73 Å². The molecule has 0 aromatic heterocycles. The number of piperidine rings is 1. The molecule has 1 unspecified atom stereocenters. The van der Waals surface area contributed by atoms with Crippen molar-refractivity contribution in [1.82, 2.24) is 4.31 Å². The van der Waals surface area contributed by atoms with Gasteiger partial charge in [-0.1, -0.05) is 38.4 Å². The molecular formula is C11H24N2S2. The fourth-order valence-electron chi connectivity index (χ4n) is 2.02. The van der Waals surface area contributed by atoms with Crippen molar-refractivity contribution in [2.45, 2.75) is 45.4 Å². The molecule has 0 amide bonds. The first-order chi connectivity index (χ1) is 7.25. The summed E-state index contributed by atoms with van der Waals surface area (Å²) in [7, 11) is 0. The standard InChI is InChI=1S/C11H24N2S2/c1-2-3-7-10-15(11(12)14)13-8-5-4-6-9-13/h15H,2-10H2,1H3,(H2,12,14). The molecule has 15 heavy (non-hydrogen) atoms. The Morgan fingerprint density at radius 1 is 1.27 bits per heavy atom. The van der Waals surface area contributed by atoms with Crippen molar-refractivity contribution >= 4 is 27.6 Å². The largest absolute Gasteiger partial charge is 0.385 e. The summed E-state index contributed by atoms with van der Waals surface area (Å²) in [6.07, 6.45) is 7.92. The Bertz CT molecular complexity index is 191. The molecule has 0 aromatic rings. The lowest BCUT2D eigenvalue weighted by Crippen LogP contribution is -2.32. The van der Waals surface area contributed by atoms with Gasteiger partial charge >= 0.3 is 0 Å². The molecule has 1 atom stereocenters. The third-order valence-electron chi connectivity index (χ3n) is 2.90. The van der Waals surface area contributed by atoms with Crippen LogP contribution in [0.25, 0.3) is 0 Å². The average molecular weight is 248 g/mol. The fraction of sp³-hybridized carbons (Fsp3) is 0.909. The van der Waals surface area contributed by atoms with Gasteiger partial charge < -0.3 is 5.73 Å². The summed E-state index contributed by atoms with van der Waals surface area (Å²) in [6, 6.07) is 0. The van der Waals surface area contributed by atoms with E-state index in [9.17, 15) is 0 Å². The third-order valence-corrected chi connectivity index (χ3v) is 5.87. The van der Waals surface area contributed by atoms with Gasteiger partial charge in [0.05, 0.1) is 0 Å². The fourth-order valence-corrected chi connectivity index (χ4v) is 4.71. The van der Waals surface area contributed by atoms with E-state index < -0.39 is 0 Å². The normalized spacial score (nSPS) is 21.3. The molecule has 90 valence electrons. The zero-order valence-electron chi connectivity index (χ0n) is 9.74. The Morgan fingerprint density at radius 3 is 2.47 bits per heavy atom. The lowest BCUT2D eigenvalue weighted by molar-refractivity contribution is 0.378. The number of hydrogen-bond donors (Lipinski definition) is 2. The van der Waals surface area contributed by atoms with E-state index in [2.05, 4.69) is 11.2 Å². The van der Waals surface area contributed by atoms with Gasteiger partial charge in [0.25, 0.3) is 0 Å². The SMILES string of the molecule is CCCCC[SH](C(N)=S)N1CCCCC1. The predicted octanol–water partition coefficient (Wildman–Crippen LogP) is 2.82. The van der Waals surface area contributed by atoms with Crippen molar-refractivity contribution in [3.8, 4) is 0 Å². The molecule has 0 aromatic carbocycles. The molecule has 0 saturated carbocycles. The summed E-state index contributed by atoms with van der Waals surface area (Å²) in [5.74, 6) is 1.22. The van der Waals surface area contributed by atoms with Crippen LogP contribution in [0.2, 0.25) is 0 Å². The second-order valence-corrected chi connectivity index (χ2v) is 7.22. The molecule has 1 aliphatic rings. The number of nitrogens with zero attached hydrogens (tertiary/aromatic N) is 1. The molecule has 1 heterocycles. The summed E-state index contributed by atoms with van der Waals surface area (Å²) in [5, 5.41) is 0.